The summed E-state index contributed by atoms with van der Waals surface area (Å²) < 4.78 is 5.21. The Balaban J connectivity index is 2.01. The van der Waals surface area contributed by atoms with E-state index in [1.807, 2.05) is 6.07 Å². The summed E-state index contributed by atoms with van der Waals surface area (Å²) in [6, 6.07) is 21.6. The van der Waals surface area contributed by atoms with Crippen LogP contribution in [0.5, 0.6) is 5.75 Å². The van der Waals surface area contributed by atoms with Gasteiger partial charge in [0.05, 0.1) is 30.0 Å². The predicted octanol–water partition coefficient (Wildman–Crippen LogP) is 4.03. The van der Waals surface area contributed by atoms with Crippen molar-refractivity contribution in [3.63, 3.8) is 0 Å². The van der Waals surface area contributed by atoms with E-state index in [4.69, 9.17) is 17.0 Å². The normalized spacial score (nSPS) is 12.4. The van der Waals surface area contributed by atoms with Gasteiger partial charge in [0.25, 0.3) is 5.69 Å². The van der Waals surface area contributed by atoms with Gasteiger partial charge in [0, 0.05) is 17.7 Å². The molecule has 0 fully saturated rings. The number of ether oxygens (including phenoxy) is 1. The van der Waals surface area contributed by atoms with Gasteiger partial charge in [-0.1, -0.05) is 66.8 Å². The standard InChI is InChI=1S/C24H22N2O5S/c1-31-21-12-10-18(11-13-21)24(16-27,19-8-5-9-20(14-19)26(29)30)25-23(32)15-22(28)17-6-3-2-4-7-17/h2-14,27H,15-16H2,1H3,(H,25,32). The van der Waals surface area contributed by atoms with Crippen LogP contribution < -0.4 is 10.1 Å². The Morgan fingerprint density at radius 1 is 1.06 bits per heavy atom. The molecule has 2 N–H and O–H groups in total. The second kappa shape index (κ2) is 10.1. The SMILES string of the molecule is COc1ccc(C(CO)(NC(=S)CC(=O)c2ccccc2)c2cccc([N+](=O)[O-])c2)cc1. The number of carbonyl (C=O) groups excluding carboxylic acids is 1. The van der Waals surface area contributed by atoms with Crippen LogP contribution in [0.15, 0.2) is 78.9 Å². The van der Waals surface area contributed by atoms with Crippen LogP contribution in [-0.2, 0) is 5.54 Å². The highest BCUT2D eigenvalue weighted by Crippen LogP contribution is 2.33. The average molecular weight is 451 g/mol. The Kier molecular flexibility index (Phi) is 7.29. The van der Waals surface area contributed by atoms with E-state index in [-0.39, 0.29) is 22.9 Å². The van der Waals surface area contributed by atoms with Crippen LogP contribution in [-0.4, -0.2) is 34.5 Å². The molecule has 0 spiro atoms. The summed E-state index contributed by atoms with van der Waals surface area (Å²) in [5.74, 6) is 0.435. The molecule has 0 amide bonds. The molecule has 0 saturated carbocycles. The number of methoxy groups -OCH3 is 1. The zero-order valence-electron chi connectivity index (χ0n) is 17.4. The first-order valence-corrected chi connectivity index (χ1v) is 10.2. The van der Waals surface area contributed by atoms with Gasteiger partial charge in [-0.05, 0) is 23.3 Å². The number of hydrogen-bond donors (Lipinski definition) is 2. The van der Waals surface area contributed by atoms with E-state index in [2.05, 4.69) is 5.32 Å². The number of nitrogens with one attached hydrogen (secondary N) is 1. The van der Waals surface area contributed by atoms with Gasteiger partial charge in [0.15, 0.2) is 5.78 Å². The number of nitrogens with zero attached hydrogens (tertiary/aromatic N) is 1. The van der Waals surface area contributed by atoms with Gasteiger partial charge < -0.3 is 15.2 Å². The molecule has 0 radical (unpaired) electrons. The number of aliphatic hydroxyl groups is 1. The number of thiocarbonyl (C=S) groups is 1. The maximum Gasteiger partial charge on any atom is 0.269 e. The van der Waals surface area contributed by atoms with Crippen molar-refractivity contribution in [2.45, 2.75) is 12.0 Å². The molecule has 0 aromatic heterocycles. The second-order valence-electron chi connectivity index (χ2n) is 7.11. The van der Waals surface area contributed by atoms with E-state index >= 15 is 0 Å². The Labute approximate surface area is 190 Å². The largest absolute Gasteiger partial charge is 0.497 e. The predicted molar refractivity (Wildman–Crippen MR) is 125 cm³/mol. The van der Waals surface area contributed by atoms with Crippen molar-refractivity contribution in [3.8, 4) is 5.75 Å². The molecule has 0 aliphatic carbocycles. The Bertz CT molecular complexity index is 1120. The van der Waals surface area contributed by atoms with Gasteiger partial charge in [-0.25, -0.2) is 0 Å². The van der Waals surface area contributed by atoms with E-state index in [1.165, 1.54) is 19.2 Å². The summed E-state index contributed by atoms with van der Waals surface area (Å²) in [4.78, 5) is 23.7. The van der Waals surface area contributed by atoms with E-state index in [9.17, 15) is 20.0 Å². The fourth-order valence-corrected chi connectivity index (χ4v) is 3.75. The van der Waals surface area contributed by atoms with E-state index < -0.39 is 17.1 Å². The summed E-state index contributed by atoms with van der Waals surface area (Å²) in [6.07, 6.45) is -0.0772. The molecule has 3 rings (SSSR count). The zero-order valence-corrected chi connectivity index (χ0v) is 18.2. The van der Waals surface area contributed by atoms with Gasteiger partial charge >= 0.3 is 0 Å². The number of nitro groups is 1. The number of nitro benzene ring substituents is 1. The molecule has 3 aromatic rings. The molecule has 1 unspecified atom stereocenters. The van der Waals surface area contributed by atoms with Crippen molar-refractivity contribution < 1.29 is 19.6 Å². The molecule has 0 aliphatic heterocycles. The van der Waals surface area contributed by atoms with Crippen LogP contribution in [0, 0.1) is 10.1 Å². The van der Waals surface area contributed by atoms with Gasteiger partial charge in [0.1, 0.15) is 11.3 Å². The van der Waals surface area contributed by atoms with Gasteiger partial charge in [0.2, 0.25) is 0 Å². The second-order valence-corrected chi connectivity index (χ2v) is 7.61. The van der Waals surface area contributed by atoms with E-state index in [0.29, 0.717) is 22.4 Å². The highest BCUT2D eigenvalue weighted by molar-refractivity contribution is 7.80. The van der Waals surface area contributed by atoms with Crippen LogP contribution in [0.25, 0.3) is 0 Å². The molecular weight excluding hydrogens is 428 g/mol. The molecule has 32 heavy (non-hydrogen) atoms. The lowest BCUT2D eigenvalue weighted by Crippen LogP contribution is -2.49. The van der Waals surface area contributed by atoms with Crippen molar-refractivity contribution in [2.24, 2.45) is 0 Å². The third-order valence-corrected chi connectivity index (χ3v) is 5.39. The number of carbonyl (C=O) groups is 1. The Morgan fingerprint density at radius 3 is 2.34 bits per heavy atom. The van der Waals surface area contributed by atoms with Crippen molar-refractivity contribution >= 4 is 28.7 Å². The third kappa shape index (κ3) is 4.99. The van der Waals surface area contributed by atoms with Crippen molar-refractivity contribution in [1.82, 2.24) is 5.32 Å². The minimum atomic E-state index is -1.30. The van der Waals surface area contributed by atoms with E-state index in [0.717, 1.165) is 0 Å². The Morgan fingerprint density at radius 2 is 1.75 bits per heavy atom. The quantitative estimate of drug-likeness (QED) is 0.220. The van der Waals surface area contributed by atoms with Crippen molar-refractivity contribution in [3.05, 3.63) is 106 Å². The number of hydrogen-bond acceptors (Lipinski definition) is 6. The van der Waals surface area contributed by atoms with Crippen LogP contribution in [0.3, 0.4) is 0 Å². The minimum Gasteiger partial charge on any atom is -0.497 e. The molecule has 0 heterocycles. The molecule has 0 bridgehead atoms. The van der Waals surface area contributed by atoms with Crippen LogP contribution >= 0.6 is 12.2 Å². The summed E-state index contributed by atoms with van der Waals surface area (Å²) in [6.45, 7) is -0.458. The molecular formula is C24H22N2O5S. The number of aliphatic hydroxyl groups excluding tert-OH is 1. The van der Waals surface area contributed by atoms with Gasteiger partial charge in [-0.3, -0.25) is 14.9 Å². The molecule has 3 aromatic carbocycles. The molecule has 1 atom stereocenters. The fourth-order valence-electron chi connectivity index (χ4n) is 3.45. The maximum atomic E-state index is 12.6. The lowest BCUT2D eigenvalue weighted by molar-refractivity contribution is -0.385. The smallest absolute Gasteiger partial charge is 0.269 e. The lowest BCUT2D eigenvalue weighted by atomic mass is 9.83. The van der Waals surface area contributed by atoms with Crippen LogP contribution in [0.1, 0.15) is 27.9 Å². The summed E-state index contributed by atoms with van der Waals surface area (Å²) in [5.41, 5.74) is 0.143. The number of Topliss-reactive ketones (excluding diaryl/α,β-unsaturated/α-hetero) is 1. The number of benzene rings is 3. The van der Waals surface area contributed by atoms with Crippen LogP contribution in [0.4, 0.5) is 5.69 Å². The number of ketones is 1. The topological polar surface area (TPSA) is 102 Å². The first-order valence-electron chi connectivity index (χ1n) is 9.79. The Hall–Kier alpha value is -3.62. The molecule has 0 saturated heterocycles. The summed E-state index contributed by atoms with van der Waals surface area (Å²) >= 11 is 5.48. The third-order valence-electron chi connectivity index (χ3n) is 5.14. The zero-order chi connectivity index (χ0) is 23.1. The first-order chi connectivity index (χ1) is 15.4. The highest BCUT2D eigenvalue weighted by Gasteiger charge is 2.36. The van der Waals surface area contributed by atoms with Crippen LogP contribution in [0.2, 0.25) is 0 Å². The minimum absolute atomic E-state index is 0.0772. The van der Waals surface area contributed by atoms with Crippen molar-refractivity contribution in [2.75, 3.05) is 13.7 Å². The maximum absolute atomic E-state index is 12.6. The number of rotatable bonds is 9. The highest BCUT2D eigenvalue weighted by atomic mass is 32.1. The lowest BCUT2D eigenvalue weighted by Gasteiger charge is -2.35. The molecule has 164 valence electrons. The van der Waals surface area contributed by atoms with E-state index in [1.54, 1.807) is 60.7 Å². The first kappa shape index (κ1) is 23.1. The summed E-state index contributed by atoms with van der Waals surface area (Å²) in [5, 5.41) is 25.0. The van der Waals surface area contributed by atoms with Gasteiger partial charge in [-0.15, -0.1) is 0 Å². The van der Waals surface area contributed by atoms with Crippen molar-refractivity contribution in [1.29, 1.82) is 0 Å². The van der Waals surface area contributed by atoms with Gasteiger partial charge in [-0.2, -0.15) is 0 Å². The number of non-ortho nitro benzene ring substituents is 1. The summed E-state index contributed by atoms with van der Waals surface area (Å²) in [7, 11) is 1.54. The molecule has 7 nitrogen and oxygen atoms in total. The molecule has 8 heteroatoms. The molecule has 0 aliphatic rings. The monoisotopic (exact) mass is 450 g/mol. The average Bonchev–Trinajstić information content (AvgIpc) is 2.83. The fraction of sp³-hybridized carbons (Fsp3) is 0.167.